The quantitative estimate of drug-likeness (QED) is 0.432. The molecule has 0 atom stereocenters. The highest BCUT2D eigenvalue weighted by Gasteiger charge is 2.42. The van der Waals surface area contributed by atoms with Gasteiger partial charge >= 0.3 is 12.5 Å². The maximum atomic E-state index is 13.0. The van der Waals surface area contributed by atoms with Crippen LogP contribution < -0.4 is 21.3 Å². The van der Waals surface area contributed by atoms with E-state index in [0.29, 0.717) is 22.8 Å². The molecule has 0 saturated carbocycles. The molecule has 2 amide bonds. The molecule has 2 aromatic rings. The number of aromatic nitrogens is 1. The molecule has 158 valence electrons. The van der Waals surface area contributed by atoms with Crippen molar-refractivity contribution in [3.8, 4) is 11.4 Å². The first-order valence-electron chi connectivity index (χ1n) is 7.63. The molecule has 1 aromatic carbocycles. The number of amides is 2. The average molecular weight is 435 g/mol. The summed E-state index contributed by atoms with van der Waals surface area (Å²) in [5, 5.41) is 1.82. The van der Waals surface area contributed by atoms with Crippen molar-refractivity contribution in [3.63, 3.8) is 0 Å². The lowest BCUT2D eigenvalue weighted by Gasteiger charge is -2.17. The minimum Gasteiger partial charge on any atom is -0.406 e. The van der Waals surface area contributed by atoms with Crippen LogP contribution in [0.25, 0.3) is 5.69 Å². The summed E-state index contributed by atoms with van der Waals surface area (Å²) in [4.78, 5) is 47.7. The Hall–Kier alpha value is -3.84. The molecule has 3 N–H and O–H groups in total. The lowest BCUT2D eigenvalue weighted by Crippen LogP contribution is -2.29. The van der Waals surface area contributed by atoms with Gasteiger partial charge in [-0.15, -0.1) is 13.2 Å². The number of carbonyl (C=O) groups is 3. The van der Waals surface area contributed by atoms with Crippen LogP contribution in [0.4, 0.5) is 32.2 Å². The molecule has 0 spiro atoms. The van der Waals surface area contributed by atoms with E-state index < -0.39 is 69.6 Å². The van der Waals surface area contributed by atoms with E-state index in [4.69, 9.17) is 5.73 Å². The molecule has 1 aliphatic rings. The highest BCUT2D eigenvalue weighted by Crippen LogP contribution is 2.32. The molecular weight excluding hydrogens is 428 g/mol. The number of alkyl halides is 6. The van der Waals surface area contributed by atoms with Crippen LogP contribution in [0.2, 0.25) is 0 Å². The number of halogens is 6. The molecule has 0 fully saturated rings. The number of benzene rings is 1. The third-order valence-corrected chi connectivity index (χ3v) is 3.90. The summed E-state index contributed by atoms with van der Waals surface area (Å²) in [6, 6.07) is 1.82. The molecule has 0 saturated heterocycles. The van der Waals surface area contributed by atoms with Gasteiger partial charge in [-0.25, -0.2) is 0 Å². The SMILES string of the molecule is Nc1c2c(cc(=O)n1-c1ccc(OC(F)(F)F)cc1C(=O)C(F)(F)F)C(=O)NC2=O. The first-order valence-corrected chi connectivity index (χ1v) is 7.63. The fourth-order valence-corrected chi connectivity index (χ4v) is 2.77. The molecule has 0 bridgehead atoms. The normalized spacial score (nSPS) is 13.8. The maximum absolute atomic E-state index is 13.0. The number of pyridine rings is 1. The van der Waals surface area contributed by atoms with Gasteiger partial charge in [0.2, 0.25) is 0 Å². The molecule has 2 heterocycles. The molecule has 1 aliphatic heterocycles. The van der Waals surface area contributed by atoms with Gasteiger partial charge in [-0.05, 0) is 18.2 Å². The van der Waals surface area contributed by atoms with E-state index >= 15 is 0 Å². The van der Waals surface area contributed by atoms with Crippen molar-refractivity contribution < 1.29 is 45.5 Å². The zero-order valence-electron chi connectivity index (χ0n) is 14.1. The highest BCUT2D eigenvalue weighted by atomic mass is 19.4. The van der Waals surface area contributed by atoms with Crippen LogP contribution in [0.1, 0.15) is 31.1 Å². The number of nitrogens with one attached hydrogen (secondary N) is 1. The van der Waals surface area contributed by atoms with Gasteiger partial charge in [0.15, 0.2) is 0 Å². The second-order valence-corrected chi connectivity index (χ2v) is 5.83. The molecule has 3 rings (SSSR count). The van der Waals surface area contributed by atoms with E-state index in [1.807, 2.05) is 5.32 Å². The van der Waals surface area contributed by atoms with Gasteiger partial charge in [0, 0.05) is 6.07 Å². The van der Waals surface area contributed by atoms with Crippen LogP contribution in [0, 0.1) is 0 Å². The van der Waals surface area contributed by atoms with Crippen molar-refractivity contribution >= 4 is 23.4 Å². The zero-order valence-corrected chi connectivity index (χ0v) is 14.1. The molecule has 8 nitrogen and oxygen atoms in total. The number of ether oxygens (including phenoxy) is 1. The monoisotopic (exact) mass is 435 g/mol. The number of anilines is 1. The summed E-state index contributed by atoms with van der Waals surface area (Å²) < 4.78 is 80.0. The number of ketones is 1. The van der Waals surface area contributed by atoms with Gasteiger partial charge in [0.05, 0.1) is 22.4 Å². The second-order valence-electron chi connectivity index (χ2n) is 5.83. The van der Waals surface area contributed by atoms with Crippen molar-refractivity contribution in [2.24, 2.45) is 0 Å². The molecule has 1 aromatic heterocycles. The van der Waals surface area contributed by atoms with Crippen molar-refractivity contribution in [2.75, 3.05) is 5.73 Å². The Bertz CT molecular complexity index is 1170. The fraction of sp³-hybridized carbons (Fsp3) is 0.125. The predicted molar refractivity (Wildman–Crippen MR) is 85.3 cm³/mol. The number of hydrogen-bond acceptors (Lipinski definition) is 6. The van der Waals surface area contributed by atoms with E-state index in [9.17, 15) is 45.5 Å². The van der Waals surface area contributed by atoms with Gasteiger partial charge in [-0.1, -0.05) is 0 Å². The Morgan fingerprint density at radius 3 is 2.20 bits per heavy atom. The second kappa shape index (κ2) is 6.60. The lowest BCUT2D eigenvalue weighted by atomic mass is 10.1. The van der Waals surface area contributed by atoms with E-state index in [1.54, 1.807) is 0 Å². The molecule has 0 aliphatic carbocycles. The lowest BCUT2D eigenvalue weighted by molar-refractivity contribution is -0.274. The van der Waals surface area contributed by atoms with Crippen LogP contribution in [0.3, 0.4) is 0 Å². The van der Waals surface area contributed by atoms with Crippen molar-refractivity contribution in [1.82, 2.24) is 9.88 Å². The van der Waals surface area contributed by atoms with Crippen LogP contribution >= 0.6 is 0 Å². The Balaban J connectivity index is 2.30. The number of carbonyl (C=O) groups excluding carboxylic acids is 3. The van der Waals surface area contributed by atoms with Gasteiger partial charge < -0.3 is 10.5 Å². The zero-order chi connectivity index (χ0) is 22.6. The molecule has 14 heteroatoms. The molecule has 0 radical (unpaired) electrons. The van der Waals surface area contributed by atoms with Crippen LogP contribution in [0.15, 0.2) is 29.1 Å². The summed E-state index contributed by atoms with van der Waals surface area (Å²) in [5.74, 6) is -6.59. The standard InChI is InChI=1S/C16H7F6N3O5/c17-15(18,19)11(27)6-3-5(30-16(20,21)22)1-2-8(6)25-9(26)4-7-10(12(25)23)14(29)24-13(7)28/h1-4H,23H2,(H,24,28,29). The number of rotatable bonds is 3. The Morgan fingerprint density at radius 1 is 1.00 bits per heavy atom. The number of imide groups is 1. The van der Waals surface area contributed by atoms with Crippen LogP contribution in [-0.4, -0.2) is 34.7 Å². The van der Waals surface area contributed by atoms with Crippen molar-refractivity contribution in [2.45, 2.75) is 12.5 Å². The number of Topliss-reactive ketones (excluding diaryl/α,β-unsaturated/α-hetero) is 1. The molecule has 0 unspecified atom stereocenters. The number of nitrogens with zero attached hydrogens (tertiary/aromatic N) is 1. The summed E-state index contributed by atoms with van der Waals surface area (Å²) >= 11 is 0. The maximum Gasteiger partial charge on any atom is 0.573 e. The van der Waals surface area contributed by atoms with E-state index in [1.165, 1.54) is 0 Å². The van der Waals surface area contributed by atoms with Gasteiger partial charge in [0.25, 0.3) is 23.2 Å². The fourth-order valence-electron chi connectivity index (χ4n) is 2.77. The summed E-state index contributed by atoms with van der Waals surface area (Å²) in [6.45, 7) is 0. The Morgan fingerprint density at radius 2 is 1.63 bits per heavy atom. The Kier molecular flexibility index (Phi) is 4.60. The first-order chi connectivity index (χ1) is 13.7. The third-order valence-electron chi connectivity index (χ3n) is 3.90. The Labute approximate surface area is 160 Å². The first kappa shape index (κ1) is 20.9. The minimum atomic E-state index is -5.53. The van der Waals surface area contributed by atoms with Crippen molar-refractivity contribution in [1.29, 1.82) is 0 Å². The smallest absolute Gasteiger partial charge is 0.406 e. The highest BCUT2D eigenvalue weighted by molar-refractivity contribution is 6.23. The van der Waals surface area contributed by atoms with Gasteiger partial charge in [-0.2, -0.15) is 13.2 Å². The predicted octanol–water partition coefficient (Wildman–Crippen LogP) is 1.95. The van der Waals surface area contributed by atoms with Crippen molar-refractivity contribution in [3.05, 3.63) is 51.3 Å². The molecular formula is C16H7F6N3O5. The van der Waals surface area contributed by atoms with Gasteiger partial charge in [-0.3, -0.25) is 29.1 Å². The summed E-state index contributed by atoms with van der Waals surface area (Å²) in [5.41, 5.74) is 1.22. The van der Waals surface area contributed by atoms with E-state index in [-0.39, 0.29) is 6.07 Å². The van der Waals surface area contributed by atoms with Gasteiger partial charge in [0.1, 0.15) is 11.6 Å². The summed E-state index contributed by atoms with van der Waals surface area (Å²) in [7, 11) is 0. The molecule has 30 heavy (non-hydrogen) atoms. The third kappa shape index (κ3) is 3.58. The summed E-state index contributed by atoms with van der Waals surface area (Å²) in [6.07, 6.45) is -10.8. The number of fused-ring (bicyclic) bond motifs is 1. The van der Waals surface area contributed by atoms with E-state index in [0.717, 1.165) is 0 Å². The van der Waals surface area contributed by atoms with Crippen LogP contribution in [0.5, 0.6) is 5.75 Å². The van der Waals surface area contributed by atoms with Crippen LogP contribution in [-0.2, 0) is 0 Å². The number of hydrogen-bond donors (Lipinski definition) is 2. The topological polar surface area (TPSA) is 120 Å². The van der Waals surface area contributed by atoms with E-state index in [2.05, 4.69) is 4.74 Å². The largest absolute Gasteiger partial charge is 0.573 e. The minimum absolute atomic E-state index is 0.128. The average Bonchev–Trinajstić information content (AvgIpc) is 2.87. The number of nitrogen functional groups attached to an aromatic ring is 1. The number of nitrogens with two attached hydrogens (primary N) is 1.